The molecule has 0 saturated carbocycles. The number of rotatable bonds is 8. The lowest BCUT2D eigenvalue weighted by molar-refractivity contribution is 0.236. The van der Waals surface area contributed by atoms with Crippen LogP contribution in [0.3, 0.4) is 0 Å². The van der Waals surface area contributed by atoms with Crippen LogP contribution in [-0.4, -0.2) is 35.3 Å². The number of amides is 2. The van der Waals surface area contributed by atoms with Crippen molar-refractivity contribution in [2.24, 2.45) is 0 Å². The van der Waals surface area contributed by atoms with E-state index in [-0.39, 0.29) is 6.03 Å². The van der Waals surface area contributed by atoms with Crippen LogP contribution >= 0.6 is 0 Å². The molecule has 6 heteroatoms. The number of aromatic nitrogens is 2. The van der Waals surface area contributed by atoms with Crippen molar-refractivity contribution in [1.82, 2.24) is 20.2 Å². The fourth-order valence-electron chi connectivity index (χ4n) is 2.95. The summed E-state index contributed by atoms with van der Waals surface area (Å²) in [5, 5.41) is 5.68. The van der Waals surface area contributed by atoms with Crippen LogP contribution in [0.4, 0.5) is 4.79 Å². The van der Waals surface area contributed by atoms with E-state index in [2.05, 4.69) is 26.3 Å². The Hall–Kier alpha value is -3.02. The van der Waals surface area contributed by atoms with Gasteiger partial charge in [0.1, 0.15) is 18.2 Å². The molecule has 2 N–H and O–H groups in total. The van der Waals surface area contributed by atoms with E-state index < -0.39 is 0 Å². The zero-order valence-corrected chi connectivity index (χ0v) is 15.9. The van der Waals surface area contributed by atoms with E-state index in [1.54, 1.807) is 0 Å². The van der Waals surface area contributed by atoms with Gasteiger partial charge in [-0.3, -0.25) is 0 Å². The number of imidazole rings is 1. The lowest BCUT2D eigenvalue weighted by Gasteiger charge is -2.10. The van der Waals surface area contributed by atoms with Gasteiger partial charge >= 0.3 is 6.03 Å². The van der Waals surface area contributed by atoms with Gasteiger partial charge < -0.3 is 19.9 Å². The summed E-state index contributed by atoms with van der Waals surface area (Å²) < 4.78 is 7.77. The van der Waals surface area contributed by atoms with Crippen molar-refractivity contribution in [3.05, 3.63) is 59.9 Å². The number of nitrogens with one attached hydrogen (secondary N) is 2. The smallest absolute Gasteiger partial charge is 0.314 e. The molecule has 0 radical (unpaired) electrons. The molecule has 0 spiro atoms. The van der Waals surface area contributed by atoms with Gasteiger partial charge in [-0.1, -0.05) is 29.8 Å². The summed E-state index contributed by atoms with van der Waals surface area (Å²) in [4.78, 5) is 16.4. The number of urea groups is 1. The van der Waals surface area contributed by atoms with Gasteiger partial charge in [0.05, 0.1) is 17.6 Å². The highest BCUT2D eigenvalue weighted by Crippen LogP contribution is 2.15. The van der Waals surface area contributed by atoms with Gasteiger partial charge in [0.15, 0.2) is 0 Å². The number of aryl methyl sites for hydroxylation is 3. The van der Waals surface area contributed by atoms with Gasteiger partial charge in [0.2, 0.25) is 0 Å². The number of fused-ring (bicyclic) bond motifs is 1. The maximum Gasteiger partial charge on any atom is 0.314 e. The summed E-state index contributed by atoms with van der Waals surface area (Å²) >= 11 is 0. The highest BCUT2D eigenvalue weighted by molar-refractivity contribution is 5.76. The first-order valence-electron chi connectivity index (χ1n) is 9.26. The molecule has 0 aliphatic heterocycles. The monoisotopic (exact) mass is 366 g/mol. The number of nitrogens with zero attached hydrogens (tertiary/aromatic N) is 2. The number of hydrogen-bond acceptors (Lipinski definition) is 3. The van der Waals surface area contributed by atoms with E-state index >= 15 is 0 Å². The summed E-state index contributed by atoms with van der Waals surface area (Å²) in [6.45, 7) is 6.38. The zero-order valence-electron chi connectivity index (χ0n) is 15.9. The van der Waals surface area contributed by atoms with Crippen LogP contribution < -0.4 is 15.4 Å². The number of para-hydroxylation sites is 2. The first-order chi connectivity index (χ1) is 13.1. The normalized spacial score (nSPS) is 10.7. The second-order valence-corrected chi connectivity index (χ2v) is 6.50. The molecule has 1 heterocycles. The lowest BCUT2D eigenvalue weighted by Crippen LogP contribution is -2.38. The van der Waals surface area contributed by atoms with Crippen molar-refractivity contribution in [3.8, 4) is 5.75 Å². The van der Waals surface area contributed by atoms with E-state index in [4.69, 9.17) is 4.74 Å². The molecule has 0 aliphatic rings. The minimum Gasteiger partial charge on any atom is -0.492 e. The van der Waals surface area contributed by atoms with E-state index in [9.17, 15) is 4.79 Å². The molecule has 0 atom stereocenters. The molecule has 142 valence electrons. The molecule has 0 saturated heterocycles. The van der Waals surface area contributed by atoms with E-state index in [1.165, 1.54) is 5.56 Å². The molecule has 0 unspecified atom stereocenters. The topological polar surface area (TPSA) is 68.2 Å². The number of hydrogen-bond donors (Lipinski definition) is 2. The molecule has 3 rings (SSSR count). The van der Waals surface area contributed by atoms with Crippen molar-refractivity contribution in [2.45, 2.75) is 26.8 Å². The Morgan fingerprint density at radius 3 is 2.59 bits per heavy atom. The van der Waals surface area contributed by atoms with Crippen molar-refractivity contribution >= 4 is 17.1 Å². The molecule has 6 nitrogen and oxygen atoms in total. The maximum atomic E-state index is 11.8. The second kappa shape index (κ2) is 9.07. The quantitative estimate of drug-likeness (QED) is 0.600. The van der Waals surface area contributed by atoms with Crippen LogP contribution in [0.2, 0.25) is 0 Å². The van der Waals surface area contributed by atoms with Gasteiger partial charge in [-0.25, -0.2) is 9.78 Å². The van der Waals surface area contributed by atoms with Gasteiger partial charge in [-0.05, 0) is 44.5 Å². The zero-order chi connectivity index (χ0) is 19.1. The third-order valence-electron chi connectivity index (χ3n) is 4.37. The van der Waals surface area contributed by atoms with Gasteiger partial charge in [0, 0.05) is 13.1 Å². The molecule has 2 aromatic carbocycles. The third kappa shape index (κ3) is 5.23. The number of benzene rings is 2. The molecule has 2 amide bonds. The van der Waals surface area contributed by atoms with Crippen molar-refractivity contribution < 1.29 is 9.53 Å². The first kappa shape index (κ1) is 18.8. The van der Waals surface area contributed by atoms with E-state index in [1.807, 2.05) is 56.3 Å². The molecular formula is C21H26N4O2. The van der Waals surface area contributed by atoms with Gasteiger partial charge in [-0.15, -0.1) is 0 Å². The molecular weight excluding hydrogens is 340 g/mol. The van der Waals surface area contributed by atoms with Crippen LogP contribution in [0.15, 0.2) is 48.5 Å². The van der Waals surface area contributed by atoms with E-state index in [0.717, 1.165) is 35.6 Å². The van der Waals surface area contributed by atoms with Crippen molar-refractivity contribution in [1.29, 1.82) is 0 Å². The Kier molecular flexibility index (Phi) is 6.30. The fourth-order valence-corrected chi connectivity index (χ4v) is 2.95. The third-order valence-corrected chi connectivity index (χ3v) is 4.37. The highest BCUT2D eigenvalue weighted by atomic mass is 16.5. The molecule has 27 heavy (non-hydrogen) atoms. The molecule has 0 aliphatic carbocycles. The number of carbonyl (C=O) groups excluding carboxylic acids is 1. The maximum absolute atomic E-state index is 11.8. The molecule has 1 aromatic heterocycles. The largest absolute Gasteiger partial charge is 0.492 e. The standard InChI is InChI=1S/C21H26N4O2/c1-16-8-10-18(11-9-16)27-15-13-23-21(26)22-12-5-14-25-17(2)24-19-6-3-4-7-20(19)25/h3-4,6-11H,5,12-15H2,1-2H3,(H2,22,23,26). The summed E-state index contributed by atoms with van der Waals surface area (Å²) in [6, 6.07) is 15.8. The van der Waals surface area contributed by atoms with Crippen LogP contribution in [0.1, 0.15) is 17.8 Å². The Labute approximate surface area is 159 Å². The second-order valence-electron chi connectivity index (χ2n) is 6.50. The average molecular weight is 366 g/mol. The number of ether oxygens (including phenoxy) is 1. The fraction of sp³-hybridized carbons (Fsp3) is 0.333. The van der Waals surface area contributed by atoms with Crippen LogP contribution in [-0.2, 0) is 6.54 Å². The van der Waals surface area contributed by atoms with E-state index in [0.29, 0.717) is 19.7 Å². The summed E-state index contributed by atoms with van der Waals surface area (Å²) in [5.74, 6) is 1.81. The van der Waals surface area contributed by atoms with Crippen LogP contribution in [0.5, 0.6) is 5.75 Å². The molecule has 0 bridgehead atoms. The van der Waals surface area contributed by atoms with Gasteiger partial charge in [-0.2, -0.15) is 0 Å². The minimum atomic E-state index is -0.172. The lowest BCUT2D eigenvalue weighted by atomic mass is 10.2. The minimum absolute atomic E-state index is 0.172. The predicted octanol–water partition coefficient (Wildman–Crippen LogP) is 3.42. The summed E-state index contributed by atoms with van der Waals surface area (Å²) in [6.07, 6.45) is 0.842. The number of carbonyl (C=O) groups is 1. The van der Waals surface area contributed by atoms with Crippen molar-refractivity contribution in [2.75, 3.05) is 19.7 Å². The van der Waals surface area contributed by atoms with Crippen LogP contribution in [0, 0.1) is 13.8 Å². The Bertz CT molecular complexity index is 887. The highest BCUT2D eigenvalue weighted by Gasteiger charge is 2.06. The summed E-state index contributed by atoms with van der Waals surface area (Å²) in [7, 11) is 0. The summed E-state index contributed by atoms with van der Waals surface area (Å²) in [5.41, 5.74) is 3.33. The average Bonchev–Trinajstić information content (AvgIpc) is 2.99. The van der Waals surface area contributed by atoms with Crippen molar-refractivity contribution in [3.63, 3.8) is 0 Å². The first-order valence-corrected chi connectivity index (χ1v) is 9.26. The predicted molar refractivity (Wildman–Crippen MR) is 107 cm³/mol. The van der Waals surface area contributed by atoms with Crippen LogP contribution in [0.25, 0.3) is 11.0 Å². The van der Waals surface area contributed by atoms with Gasteiger partial charge in [0.25, 0.3) is 0 Å². The molecule has 0 fully saturated rings. The Morgan fingerprint density at radius 1 is 1.04 bits per heavy atom. The Morgan fingerprint density at radius 2 is 1.78 bits per heavy atom. The SMILES string of the molecule is Cc1ccc(OCCNC(=O)NCCCn2c(C)nc3ccccc32)cc1. The molecule has 3 aromatic rings. The Balaban J connectivity index is 1.32.